The van der Waals surface area contributed by atoms with E-state index in [1.807, 2.05) is 38.1 Å². The summed E-state index contributed by atoms with van der Waals surface area (Å²) in [6.07, 6.45) is 1.36. The van der Waals surface area contributed by atoms with E-state index in [9.17, 15) is 9.59 Å². The number of ether oxygens (including phenoxy) is 2. The number of carbonyl (C=O) groups excluding carboxylic acids is 2. The summed E-state index contributed by atoms with van der Waals surface area (Å²) in [5.41, 5.74) is 0. The number of amides is 2. The molecule has 0 saturated carbocycles. The van der Waals surface area contributed by atoms with Crippen molar-refractivity contribution < 1.29 is 19.1 Å². The molecule has 1 aromatic carbocycles. The van der Waals surface area contributed by atoms with Gasteiger partial charge in [0.05, 0.1) is 6.54 Å². The fraction of sp³-hybridized carbons (Fsp3) is 0.529. The Morgan fingerprint density at radius 2 is 1.83 bits per heavy atom. The largest absolute Gasteiger partial charge is 0.486 e. The Morgan fingerprint density at radius 1 is 1.17 bits per heavy atom. The zero-order valence-electron chi connectivity index (χ0n) is 13.7. The molecule has 23 heavy (non-hydrogen) atoms. The molecule has 1 unspecified atom stereocenters. The Kier molecular flexibility index (Phi) is 6.26. The molecule has 1 N–H and O–H groups in total. The van der Waals surface area contributed by atoms with Crippen LogP contribution in [0.15, 0.2) is 24.3 Å². The highest BCUT2D eigenvalue weighted by atomic mass is 16.6. The van der Waals surface area contributed by atoms with Gasteiger partial charge in [0.1, 0.15) is 12.7 Å². The zero-order valence-corrected chi connectivity index (χ0v) is 13.7. The molecule has 0 radical (unpaired) electrons. The molecule has 0 spiro atoms. The monoisotopic (exact) mass is 320 g/mol. The summed E-state index contributed by atoms with van der Waals surface area (Å²) >= 11 is 0. The molecule has 126 valence electrons. The summed E-state index contributed by atoms with van der Waals surface area (Å²) in [7, 11) is 0. The number of para-hydroxylation sites is 2. The number of nitrogens with one attached hydrogen (secondary N) is 1. The van der Waals surface area contributed by atoms with Crippen LogP contribution in [0.2, 0.25) is 0 Å². The SMILES string of the molecule is CCCN(CCC)C(=O)C(=O)NCC1COc2ccccc2O1. The van der Waals surface area contributed by atoms with E-state index in [-0.39, 0.29) is 12.6 Å². The Morgan fingerprint density at radius 3 is 2.48 bits per heavy atom. The highest BCUT2D eigenvalue weighted by Gasteiger charge is 2.24. The molecule has 0 saturated heterocycles. The standard InChI is InChI=1S/C17H24N2O4/c1-3-9-19(10-4-2)17(21)16(20)18-11-13-12-22-14-7-5-6-8-15(14)23-13/h5-8,13H,3-4,9-12H2,1-2H3,(H,18,20). The van der Waals surface area contributed by atoms with Crippen LogP contribution in [0.1, 0.15) is 26.7 Å². The van der Waals surface area contributed by atoms with Crippen molar-refractivity contribution in [3.05, 3.63) is 24.3 Å². The van der Waals surface area contributed by atoms with E-state index in [0.717, 1.165) is 12.8 Å². The van der Waals surface area contributed by atoms with Crippen LogP contribution in [0.4, 0.5) is 0 Å². The van der Waals surface area contributed by atoms with E-state index in [0.29, 0.717) is 31.2 Å². The second-order valence-electron chi connectivity index (χ2n) is 5.50. The molecule has 2 rings (SSSR count). The third-order valence-electron chi connectivity index (χ3n) is 3.53. The average Bonchev–Trinajstić information content (AvgIpc) is 2.58. The molecule has 1 atom stereocenters. The molecule has 1 aliphatic heterocycles. The second-order valence-corrected chi connectivity index (χ2v) is 5.50. The lowest BCUT2D eigenvalue weighted by Crippen LogP contribution is -2.47. The van der Waals surface area contributed by atoms with E-state index in [2.05, 4.69) is 5.32 Å². The second kappa shape index (κ2) is 8.41. The lowest BCUT2D eigenvalue weighted by molar-refractivity contribution is -0.146. The number of benzene rings is 1. The van der Waals surface area contributed by atoms with Crippen molar-refractivity contribution in [2.75, 3.05) is 26.2 Å². The molecule has 1 heterocycles. The normalized spacial score (nSPS) is 15.8. The van der Waals surface area contributed by atoms with Gasteiger partial charge >= 0.3 is 11.8 Å². The van der Waals surface area contributed by atoms with Gasteiger partial charge in [0.15, 0.2) is 11.5 Å². The van der Waals surface area contributed by atoms with E-state index in [1.54, 1.807) is 4.90 Å². The minimum Gasteiger partial charge on any atom is -0.486 e. The van der Waals surface area contributed by atoms with Crippen molar-refractivity contribution >= 4 is 11.8 Å². The predicted molar refractivity (Wildman–Crippen MR) is 86.5 cm³/mol. The first kappa shape index (κ1) is 17.1. The summed E-state index contributed by atoms with van der Waals surface area (Å²) in [5, 5.41) is 2.65. The summed E-state index contributed by atoms with van der Waals surface area (Å²) in [4.78, 5) is 25.7. The molecule has 6 nitrogen and oxygen atoms in total. The highest BCUT2D eigenvalue weighted by molar-refractivity contribution is 6.35. The minimum atomic E-state index is -0.589. The first-order valence-corrected chi connectivity index (χ1v) is 8.11. The van der Waals surface area contributed by atoms with Crippen LogP contribution in [0.5, 0.6) is 11.5 Å². The van der Waals surface area contributed by atoms with Gasteiger partial charge in [0.25, 0.3) is 0 Å². The number of rotatable bonds is 6. The lowest BCUT2D eigenvalue weighted by atomic mass is 10.2. The van der Waals surface area contributed by atoms with E-state index >= 15 is 0 Å². The van der Waals surface area contributed by atoms with Crippen molar-refractivity contribution in [2.24, 2.45) is 0 Å². The Labute approximate surface area is 136 Å². The van der Waals surface area contributed by atoms with Crippen LogP contribution in [0, 0.1) is 0 Å². The summed E-state index contributed by atoms with van der Waals surface area (Å²) in [6, 6.07) is 7.39. The van der Waals surface area contributed by atoms with Gasteiger partial charge < -0.3 is 19.7 Å². The van der Waals surface area contributed by atoms with Crippen LogP contribution < -0.4 is 14.8 Å². The number of fused-ring (bicyclic) bond motifs is 1. The fourth-order valence-corrected chi connectivity index (χ4v) is 2.44. The molecule has 0 fully saturated rings. The smallest absolute Gasteiger partial charge is 0.311 e. The van der Waals surface area contributed by atoms with Crippen LogP contribution >= 0.6 is 0 Å². The molecule has 2 amide bonds. The van der Waals surface area contributed by atoms with Crippen LogP contribution in [0.25, 0.3) is 0 Å². The quantitative estimate of drug-likeness (QED) is 0.808. The highest BCUT2D eigenvalue weighted by Crippen LogP contribution is 2.30. The molecule has 0 aliphatic carbocycles. The summed E-state index contributed by atoms with van der Waals surface area (Å²) in [6.45, 7) is 5.74. The van der Waals surface area contributed by atoms with E-state index in [1.165, 1.54) is 0 Å². The topological polar surface area (TPSA) is 67.9 Å². The number of nitrogens with zero attached hydrogens (tertiary/aromatic N) is 1. The van der Waals surface area contributed by atoms with Crippen molar-refractivity contribution in [3.8, 4) is 11.5 Å². The molecular formula is C17H24N2O4. The molecule has 1 aliphatic rings. The van der Waals surface area contributed by atoms with Gasteiger partial charge in [0.2, 0.25) is 0 Å². The van der Waals surface area contributed by atoms with Gasteiger partial charge in [0, 0.05) is 13.1 Å². The maximum Gasteiger partial charge on any atom is 0.311 e. The maximum absolute atomic E-state index is 12.1. The van der Waals surface area contributed by atoms with Crippen molar-refractivity contribution in [3.63, 3.8) is 0 Å². The first-order valence-electron chi connectivity index (χ1n) is 8.11. The molecule has 6 heteroatoms. The molecule has 0 aromatic heterocycles. The number of carbonyl (C=O) groups is 2. The van der Waals surface area contributed by atoms with Crippen molar-refractivity contribution in [1.29, 1.82) is 0 Å². The minimum absolute atomic E-state index is 0.241. The van der Waals surface area contributed by atoms with Crippen LogP contribution in [0.3, 0.4) is 0 Å². The molecular weight excluding hydrogens is 296 g/mol. The van der Waals surface area contributed by atoms with Crippen LogP contribution in [-0.4, -0.2) is 49.1 Å². The molecule has 1 aromatic rings. The van der Waals surface area contributed by atoms with Gasteiger partial charge in [-0.25, -0.2) is 0 Å². The Hall–Kier alpha value is -2.24. The van der Waals surface area contributed by atoms with Crippen LogP contribution in [-0.2, 0) is 9.59 Å². The lowest BCUT2D eigenvalue weighted by Gasteiger charge is -2.27. The Bertz CT molecular complexity index is 541. The van der Waals surface area contributed by atoms with E-state index < -0.39 is 11.8 Å². The number of hydrogen-bond donors (Lipinski definition) is 1. The third kappa shape index (κ3) is 4.61. The number of hydrogen-bond acceptors (Lipinski definition) is 4. The van der Waals surface area contributed by atoms with Gasteiger partial charge in [-0.1, -0.05) is 26.0 Å². The zero-order chi connectivity index (χ0) is 16.7. The summed E-state index contributed by atoms with van der Waals surface area (Å²) < 4.78 is 11.3. The first-order chi connectivity index (χ1) is 11.2. The third-order valence-corrected chi connectivity index (χ3v) is 3.53. The Balaban J connectivity index is 1.83. The summed E-state index contributed by atoms with van der Waals surface area (Å²) in [5.74, 6) is 0.284. The van der Waals surface area contributed by atoms with Gasteiger partial charge in [-0.05, 0) is 25.0 Å². The maximum atomic E-state index is 12.1. The van der Waals surface area contributed by atoms with Gasteiger partial charge in [-0.2, -0.15) is 0 Å². The molecule has 0 bridgehead atoms. The average molecular weight is 320 g/mol. The van der Waals surface area contributed by atoms with Crippen molar-refractivity contribution in [2.45, 2.75) is 32.8 Å². The van der Waals surface area contributed by atoms with Crippen molar-refractivity contribution in [1.82, 2.24) is 10.2 Å². The van der Waals surface area contributed by atoms with Gasteiger partial charge in [-0.3, -0.25) is 9.59 Å². The predicted octanol–water partition coefficient (Wildman–Crippen LogP) is 1.59. The van der Waals surface area contributed by atoms with Gasteiger partial charge in [-0.15, -0.1) is 0 Å². The van der Waals surface area contributed by atoms with E-state index in [4.69, 9.17) is 9.47 Å². The fourth-order valence-electron chi connectivity index (χ4n) is 2.44.